The van der Waals surface area contributed by atoms with Crippen molar-refractivity contribution in [3.05, 3.63) is 33.3 Å². The maximum Gasteiger partial charge on any atom is 0.0465 e. The van der Waals surface area contributed by atoms with E-state index in [4.69, 9.17) is 16.7 Å². The fraction of sp³-hybridized carbons (Fsp3) is 0.625. The molecule has 0 saturated carbocycles. The number of rotatable bonds is 10. The molecule has 0 spiro atoms. The van der Waals surface area contributed by atoms with Gasteiger partial charge in [-0.25, -0.2) is 0 Å². The zero-order valence-corrected chi connectivity index (χ0v) is 15.3. The number of hydrogen-bond acceptors (Lipinski definition) is 3. The number of aliphatic hydroxyl groups excluding tert-OH is 1. The van der Waals surface area contributed by atoms with Crippen LogP contribution in [-0.2, 0) is 0 Å². The molecule has 1 aromatic rings. The van der Waals surface area contributed by atoms with Gasteiger partial charge in [-0.2, -0.15) is 0 Å². The van der Waals surface area contributed by atoms with Gasteiger partial charge in [0.15, 0.2) is 0 Å². The van der Waals surface area contributed by atoms with Crippen LogP contribution in [0.5, 0.6) is 0 Å². The molecule has 0 saturated heterocycles. The molecule has 0 aliphatic rings. The normalized spacial score (nSPS) is 12.9. The predicted molar refractivity (Wildman–Crippen MR) is 94.0 cm³/mol. The van der Waals surface area contributed by atoms with E-state index in [0.717, 1.165) is 54.1 Å². The Bertz CT molecular complexity index is 417. The van der Waals surface area contributed by atoms with E-state index in [1.807, 2.05) is 12.1 Å². The molecule has 1 unspecified atom stereocenters. The molecule has 0 heterocycles. The molecular weight excluding hydrogens is 352 g/mol. The van der Waals surface area contributed by atoms with Gasteiger partial charge in [0.05, 0.1) is 0 Å². The number of aliphatic hydroxyl groups is 1. The molecule has 2 N–H and O–H groups in total. The van der Waals surface area contributed by atoms with Crippen LogP contribution in [0.15, 0.2) is 22.7 Å². The van der Waals surface area contributed by atoms with Crippen LogP contribution in [0.2, 0.25) is 5.02 Å². The van der Waals surface area contributed by atoms with E-state index in [0.29, 0.717) is 0 Å². The summed E-state index contributed by atoms with van der Waals surface area (Å²) in [6.07, 6.45) is 1.84. The third kappa shape index (κ3) is 6.66. The molecule has 0 fully saturated rings. The lowest BCUT2D eigenvalue weighted by molar-refractivity contribution is 0.223. The van der Waals surface area contributed by atoms with Crippen LogP contribution in [0.4, 0.5) is 0 Å². The van der Waals surface area contributed by atoms with Crippen molar-refractivity contribution in [2.24, 2.45) is 0 Å². The third-order valence-corrected chi connectivity index (χ3v) is 4.42. The van der Waals surface area contributed by atoms with Crippen LogP contribution in [0.1, 0.15) is 38.3 Å². The SMILES string of the molecule is CCNC(CCN(CC)CCCO)c1ccc(Br)cc1Cl. The second-order valence-corrected chi connectivity index (χ2v) is 6.40. The molecule has 0 bridgehead atoms. The maximum absolute atomic E-state index is 8.95. The van der Waals surface area contributed by atoms with Gasteiger partial charge in [-0.3, -0.25) is 0 Å². The minimum Gasteiger partial charge on any atom is -0.396 e. The van der Waals surface area contributed by atoms with Gasteiger partial charge in [0, 0.05) is 28.7 Å². The first kappa shape index (κ1) is 18.9. The van der Waals surface area contributed by atoms with Crippen LogP contribution in [-0.4, -0.2) is 42.8 Å². The highest BCUT2D eigenvalue weighted by molar-refractivity contribution is 9.10. The highest BCUT2D eigenvalue weighted by Crippen LogP contribution is 2.28. The summed E-state index contributed by atoms with van der Waals surface area (Å²) in [7, 11) is 0. The Labute approximate surface area is 141 Å². The van der Waals surface area contributed by atoms with Crippen LogP contribution < -0.4 is 5.32 Å². The molecule has 21 heavy (non-hydrogen) atoms. The van der Waals surface area contributed by atoms with E-state index < -0.39 is 0 Å². The lowest BCUT2D eigenvalue weighted by atomic mass is 10.0. The standard InChI is InChI=1S/C16H26BrClN2O/c1-3-19-16(8-10-20(4-2)9-5-11-21)14-7-6-13(17)12-15(14)18/h6-7,12,16,19,21H,3-5,8-11H2,1-2H3. The monoisotopic (exact) mass is 376 g/mol. The number of nitrogens with one attached hydrogen (secondary N) is 1. The fourth-order valence-corrected chi connectivity index (χ4v) is 3.24. The average molecular weight is 378 g/mol. The Balaban J connectivity index is 2.68. The van der Waals surface area contributed by atoms with Crippen LogP contribution >= 0.6 is 27.5 Å². The predicted octanol–water partition coefficient (Wildman–Crippen LogP) is 3.85. The molecule has 0 aliphatic heterocycles. The highest BCUT2D eigenvalue weighted by atomic mass is 79.9. The first-order chi connectivity index (χ1) is 10.1. The molecule has 0 aliphatic carbocycles. The topological polar surface area (TPSA) is 35.5 Å². The zero-order chi connectivity index (χ0) is 15.7. The highest BCUT2D eigenvalue weighted by Gasteiger charge is 2.15. The van der Waals surface area contributed by atoms with Crippen LogP contribution in [0.25, 0.3) is 0 Å². The molecular formula is C16H26BrClN2O. The third-order valence-electron chi connectivity index (χ3n) is 3.60. The smallest absolute Gasteiger partial charge is 0.0465 e. The van der Waals surface area contributed by atoms with E-state index in [1.54, 1.807) is 0 Å². The van der Waals surface area contributed by atoms with Gasteiger partial charge in [0.1, 0.15) is 0 Å². The van der Waals surface area contributed by atoms with Gasteiger partial charge >= 0.3 is 0 Å². The van der Waals surface area contributed by atoms with E-state index in [-0.39, 0.29) is 12.6 Å². The molecule has 3 nitrogen and oxygen atoms in total. The number of halogens is 2. The molecule has 1 atom stereocenters. The van der Waals surface area contributed by atoms with Gasteiger partial charge in [-0.1, -0.05) is 47.4 Å². The minimum atomic E-state index is 0.256. The van der Waals surface area contributed by atoms with Gasteiger partial charge in [-0.05, 0) is 50.2 Å². The van der Waals surface area contributed by atoms with Crippen LogP contribution in [0.3, 0.4) is 0 Å². The summed E-state index contributed by atoms with van der Waals surface area (Å²) in [4.78, 5) is 2.37. The molecule has 1 rings (SSSR count). The summed E-state index contributed by atoms with van der Waals surface area (Å²) in [5.74, 6) is 0. The van der Waals surface area contributed by atoms with Gasteiger partial charge in [0.25, 0.3) is 0 Å². The van der Waals surface area contributed by atoms with E-state index in [9.17, 15) is 0 Å². The summed E-state index contributed by atoms with van der Waals surface area (Å²) >= 11 is 9.83. The Morgan fingerprint density at radius 2 is 2.10 bits per heavy atom. The summed E-state index contributed by atoms with van der Waals surface area (Å²) in [5, 5.41) is 13.3. The molecule has 0 aromatic heterocycles. The van der Waals surface area contributed by atoms with Crippen LogP contribution in [0, 0.1) is 0 Å². The van der Waals surface area contributed by atoms with Crippen molar-refractivity contribution in [1.82, 2.24) is 10.2 Å². The zero-order valence-electron chi connectivity index (χ0n) is 12.9. The quantitative estimate of drug-likeness (QED) is 0.650. The van der Waals surface area contributed by atoms with Gasteiger partial charge in [-0.15, -0.1) is 0 Å². The number of nitrogens with zero attached hydrogens (tertiary/aromatic N) is 1. The summed E-state index contributed by atoms with van der Waals surface area (Å²) in [5.41, 5.74) is 1.15. The average Bonchev–Trinajstić information content (AvgIpc) is 2.46. The van der Waals surface area contributed by atoms with Crippen molar-refractivity contribution in [2.45, 2.75) is 32.7 Å². The lowest BCUT2D eigenvalue weighted by Crippen LogP contribution is -2.30. The van der Waals surface area contributed by atoms with Crippen molar-refractivity contribution in [3.8, 4) is 0 Å². The largest absolute Gasteiger partial charge is 0.396 e. The molecule has 5 heteroatoms. The summed E-state index contributed by atoms with van der Waals surface area (Å²) in [6.45, 7) is 8.40. The Kier molecular flexibility index (Phi) is 9.52. The van der Waals surface area contributed by atoms with Gasteiger partial charge in [0.2, 0.25) is 0 Å². The number of hydrogen-bond donors (Lipinski definition) is 2. The summed E-state index contributed by atoms with van der Waals surface area (Å²) < 4.78 is 1.00. The van der Waals surface area contributed by atoms with Crippen molar-refractivity contribution in [2.75, 3.05) is 32.8 Å². The first-order valence-corrected chi connectivity index (χ1v) is 8.81. The Morgan fingerprint density at radius 3 is 2.67 bits per heavy atom. The summed E-state index contributed by atoms with van der Waals surface area (Å²) in [6, 6.07) is 6.34. The van der Waals surface area contributed by atoms with Crippen molar-refractivity contribution in [3.63, 3.8) is 0 Å². The maximum atomic E-state index is 8.95. The van der Waals surface area contributed by atoms with Crippen molar-refractivity contribution in [1.29, 1.82) is 0 Å². The Morgan fingerprint density at radius 1 is 1.33 bits per heavy atom. The van der Waals surface area contributed by atoms with E-state index >= 15 is 0 Å². The Hall–Kier alpha value is -0.130. The molecule has 0 amide bonds. The minimum absolute atomic E-state index is 0.256. The van der Waals surface area contributed by atoms with Crippen molar-refractivity contribution < 1.29 is 5.11 Å². The molecule has 0 radical (unpaired) electrons. The second-order valence-electron chi connectivity index (χ2n) is 5.08. The first-order valence-electron chi connectivity index (χ1n) is 7.63. The lowest BCUT2D eigenvalue weighted by Gasteiger charge is -2.25. The molecule has 120 valence electrons. The van der Waals surface area contributed by atoms with E-state index in [1.165, 1.54) is 0 Å². The van der Waals surface area contributed by atoms with E-state index in [2.05, 4.69) is 46.1 Å². The second kappa shape index (κ2) is 10.6. The van der Waals surface area contributed by atoms with Crippen molar-refractivity contribution >= 4 is 27.5 Å². The number of benzene rings is 1. The molecule has 1 aromatic carbocycles. The fourth-order valence-electron chi connectivity index (χ4n) is 2.43. The van der Waals surface area contributed by atoms with Gasteiger partial charge < -0.3 is 15.3 Å².